The van der Waals surface area contributed by atoms with Crippen LogP contribution >= 0.6 is 11.8 Å². The highest BCUT2D eigenvalue weighted by molar-refractivity contribution is 7.99. The van der Waals surface area contributed by atoms with E-state index in [-0.39, 0.29) is 6.61 Å². The van der Waals surface area contributed by atoms with E-state index in [0.29, 0.717) is 10.6 Å². The Balaban J connectivity index is 2.27. The van der Waals surface area contributed by atoms with Crippen molar-refractivity contribution in [1.82, 2.24) is 4.98 Å². The van der Waals surface area contributed by atoms with Crippen molar-refractivity contribution in [2.24, 2.45) is 0 Å². The zero-order valence-corrected chi connectivity index (χ0v) is 10.7. The molecule has 0 unspecified atom stereocenters. The molecule has 0 fully saturated rings. The highest BCUT2D eigenvalue weighted by atomic mass is 32.2. The second-order valence-corrected chi connectivity index (χ2v) is 4.88. The average Bonchev–Trinajstić information content (AvgIpc) is 2.40. The Hall–Kier alpha value is -1.83. The molecule has 0 aliphatic heterocycles. The number of aryl methyl sites for hydroxylation is 1. The number of pyridine rings is 1. The first kappa shape index (κ1) is 12.6. The van der Waals surface area contributed by atoms with Crippen LogP contribution in [-0.4, -0.2) is 10.1 Å². The molecule has 1 aromatic heterocycles. The van der Waals surface area contributed by atoms with Gasteiger partial charge in [-0.15, -0.1) is 0 Å². The van der Waals surface area contributed by atoms with E-state index in [9.17, 15) is 0 Å². The lowest BCUT2D eigenvalue weighted by Crippen LogP contribution is -1.89. The summed E-state index contributed by atoms with van der Waals surface area (Å²) in [7, 11) is 0. The number of nitriles is 1. The van der Waals surface area contributed by atoms with E-state index >= 15 is 0 Å². The lowest BCUT2D eigenvalue weighted by Gasteiger charge is -2.04. The Bertz CT molecular complexity index is 588. The zero-order valence-electron chi connectivity index (χ0n) is 9.92. The number of aliphatic hydroxyl groups is 1. The van der Waals surface area contributed by atoms with Crippen LogP contribution < -0.4 is 0 Å². The molecule has 0 aliphatic rings. The third kappa shape index (κ3) is 2.89. The van der Waals surface area contributed by atoms with Crippen molar-refractivity contribution < 1.29 is 5.11 Å². The standard InChI is InChI=1S/C14H12N2OS/c1-10-2-5-12(8-15)14(16-10)18-13-6-3-11(9-17)4-7-13/h2-7,17H,9H2,1H3. The maximum Gasteiger partial charge on any atom is 0.119 e. The molecule has 0 radical (unpaired) electrons. The SMILES string of the molecule is Cc1ccc(C#N)c(Sc2ccc(CO)cc2)n1. The van der Waals surface area contributed by atoms with Gasteiger partial charge in [-0.05, 0) is 36.8 Å². The van der Waals surface area contributed by atoms with Crippen LogP contribution in [0.4, 0.5) is 0 Å². The first-order chi connectivity index (χ1) is 8.72. The third-order valence-corrected chi connectivity index (χ3v) is 3.45. The van der Waals surface area contributed by atoms with Crippen LogP contribution in [0.15, 0.2) is 46.3 Å². The van der Waals surface area contributed by atoms with Crippen molar-refractivity contribution in [3.8, 4) is 6.07 Å². The van der Waals surface area contributed by atoms with Gasteiger partial charge in [0.25, 0.3) is 0 Å². The minimum absolute atomic E-state index is 0.0388. The van der Waals surface area contributed by atoms with Crippen LogP contribution in [0, 0.1) is 18.3 Å². The summed E-state index contributed by atoms with van der Waals surface area (Å²) in [5.74, 6) is 0. The van der Waals surface area contributed by atoms with Gasteiger partial charge in [-0.1, -0.05) is 23.9 Å². The zero-order chi connectivity index (χ0) is 13.0. The third-order valence-electron chi connectivity index (χ3n) is 2.44. The Morgan fingerprint density at radius 3 is 2.56 bits per heavy atom. The molecule has 1 heterocycles. The smallest absolute Gasteiger partial charge is 0.119 e. The molecule has 0 spiro atoms. The quantitative estimate of drug-likeness (QED) is 0.917. The van der Waals surface area contributed by atoms with Crippen molar-refractivity contribution in [2.75, 3.05) is 0 Å². The number of nitrogens with zero attached hydrogens (tertiary/aromatic N) is 2. The Morgan fingerprint density at radius 1 is 1.22 bits per heavy atom. The van der Waals surface area contributed by atoms with E-state index in [4.69, 9.17) is 10.4 Å². The molecule has 2 rings (SSSR count). The fraction of sp³-hybridized carbons (Fsp3) is 0.143. The fourth-order valence-electron chi connectivity index (χ4n) is 1.47. The molecule has 1 N–H and O–H groups in total. The van der Waals surface area contributed by atoms with Gasteiger partial charge in [0.05, 0.1) is 12.2 Å². The molecule has 0 saturated carbocycles. The van der Waals surface area contributed by atoms with Gasteiger partial charge < -0.3 is 5.11 Å². The highest BCUT2D eigenvalue weighted by Gasteiger charge is 2.06. The number of benzene rings is 1. The van der Waals surface area contributed by atoms with E-state index in [1.54, 1.807) is 6.07 Å². The minimum atomic E-state index is 0.0388. The van der Waals surface area contributed by atoms with Crippen molar-refractivity contribution in [3.05, 3.63) is 53.2 Å². The van der Waals surface area contributed by atoms with Gasteiger partial charge in [0, 0.05) is 10.6 Å². The predicted octanol–water partition coefficient (Wildman–Crippen LogP) is 2.91. The van der Waals surface area contributed by atoms with Crippen molar-refractivity contribution in [2.45, 2.75) is 23.5 Å². The molecule has 0 amide bonds. The topological polar surface area (TPSA) is 56.9 Å². The van der Waals surface area contributed by atoms with E-state index in [2.05, 4.69) is 11.1 Å². The van der Waals surface area contributed by atoms with Crippen LogP contribution in [0.1, 0.15) is 16.8 Å². The van der Waals surface area contributed by atoms with E-state index < -0.39 is 0 Å². The largest absolute Gasteiger partial charge is 0.392 e. The summed E-state index contributed by atoms with van der Waals surface area (Å²) in [6, 6.07) is 13.3. The number of hydrogen-bond acceptors (Lipinski definition) is 4. The van der Waals surface area contributed by atoms with Gasteiger partial charge in [-0.3, -0.25) is 0 Å². The number of hydrogen-bond donors (Lipinski definition) is 1. The molecule has 2 aromatic rings. The average molecular weight is 256 g/mol. The van der Waals surface area contributed by atoms with E-state index in [1.807, 2.05) is 37.3 Å². The fourth-order valence-corrected chi connectivity index (χ4v) is 2.38. The van der Waals surface area contributed by atoms with Crippen LogP contribution in [0.25, 0.3) is 0 Å². The van der Waals surface area contributed by atoms with Crippen LogP contribution in [0.3, 0.4) is 0 Å². The van der Waals surface area contributed by atoms with Crippen LogP contribution in [0.2, 0.25) is 0 Å². The van der Waals surface area contributed by atoms with Crippen LogP contribution in [0.5, 0.6) is 0 Å². The van der Waals surface area contributed by atoms with Crippen LogP contribution in [-0.2, 0) is 6.61 Å². The molecule has 0 aliphatic carbocycles. The van der Waals surface area contributed by atoms with Crippen molar-refractivity contribution in [1.29, 1.82) is 5.26 Å². The second-order valence-electron chi connectivity index (χ2n) is 3.82. The van der Waals surface area contributed by atoms with Crippen molar-refractivity contribution in [3.63, 3.8) is 0 Å². The van der Waals surface area contributed by atoms with E-state index in [1.165, 1.54) is 11.8 Å². The van der Waals surface area contributed by atoms with Gasteiger partial charge in [-0.25, -0.2) is 4.98 Å². The minimum Gasteiger partial charge on any atom is -0.392 e. The van der Waals surface area contributed by atoms with Gasteiger partial charge in [0.2, 0.25) is 0 Å². The summed E-state index contributed by atoms with van der Waals surface area (Å²) in [4.78, 5) is 5.37. The molecular formula is C14H12N2OS. The summed E-state index contributed by atoms with van der Waals surface area (Å²) in [6.45, 7) is 1.94. The number of aromatic nitrogens is 1. The van der Waals surface area contributed by atoms with Gasteiger partial charge in [-0.2, -0.15) is 5.26 Å². The Morgan fingerprint density at radius 2 is 1.94 bits per heavy atom. The van der Waals surface area contributed by atoms with Gasteiger partial charge in [0.1, 0.15) is 11.1 Å². The summed E-state index contributed by atoms with van der Waals surface area (Å²) < 4.78 is 0. The molecule has 4 heteroatoms. The number of aliphatic hydroxyl groups excluding tert-OH is 1. The van der Waals surface area contributed by atoms with E-state index in [0.717, 1.165) is 16.2 Å². The maximum atomic E-state index is 9.03. The Kier molecular flexibility index (Phi) is 3.98. The summed E-state index contributed by atoms with van der Waals surface area (Å²) in [5.41, 5.74) is 2.34. The lowest BCUT2D eigenvalue weighted by atomic mass is 10.2. The maximum absolute atomic E-state index is 9.03. The molecule has 0 atom stereocenters. The monoisotopic (exact) mass is 256 g/mol. The first-order valence-electron chi connectivity index (χ1n) is 5.48. The normalized spacial score (nSPS) is 10.1. The molecule has 18 heavy (non-hydrogen) atoms. The predicted molar refractivity (Wildman–Crippen MR) is 70.2 cm³/mol. The molecule has 0 saturated heterocycles. The lowest BCUT2D eigenvalue weighted by molar-refractivity contribution is 0.282. The molecule has 0 bridgehead atoms. The Labute approximate surface area is 110 Å². The highest BCUT2D eigenvalue weighted by Crippen LogP contribution is 2.28. The first-order valence-corrected chi connectivity index (χ1v) is 6.30. The second kappa shape index (κ2) is 5.67. The van der Waals surface area contributed by atoms with Gasteiger partial charge >= 0.3 is 0 Å². The number of rotatable bonds is 3. The summed E-state index contributed by atoms with van der Waals surface area (Å²) in [6.07, 6.45) is 0. The molecule has 1 aromatic carbocycles. The van der Waals surface area contributed by atoms with Gasteiger partial charge in [0.15, 0.2) is 0 Å². The summed E-state index contributed by atoms with van der Waals surface area (Å²) in [5, 5.41) is 18.7. The summed E-state index contributed by atoms with van der Waals surface area (Å²) >= 11 is 1.46. The molecule has 90 valence electrons. The van der Waals surface area contributed by atoms with Crippen molar-refractivity contribution >= 4 is 11.8 Å². The molecular weight excluding hydrogens is 244 g/mol. The molecule has 3 nitrogen and oxygen atoms in total.